The van der Waals surface area contributed by atoms with Crippen LogP contribution in [0.1, 0.15) is 18.5 Å². The van der Waals surface area contributed by atoms with Gasteiger partial charge in [0.2, 0.25) is 5.88 Å². The Bertz CT molecular complexity index is 591. The molecule has 1 aliphatic carbocycles. The predicted molar refractivity (Wildman–Crippen MR) is 77.4 cm³/mol. The van der Waals surface area contributed by atoms with Gasteiger partial charge in [-0.2, -0.15) is 10.1 Å². The number of hydrogen-bond donors (Lipinski definition) is 2. The van der Waals surface area contributed by atoms with E-state index in [2.05, 4.69) is 15.4 Å². The van der Waals surface area contributed by atoms with Crippen LogP contribution in [0, 0.1) is 5.92 Å². The minimum absolute atomic E-state index is 0.517. The molecule has 3 N–H and O–H groups in total. The van der Waals surface area contributed by atoms with Crippen molar-refractivity contribution in [3.63, 3.8) is 0 Å². The van der Waals surface area contributed by atoms with Crippen LogP contribution in [0.15, 0.2) is 24.4 Å². The second kappa shape index (κ2) is 5.40. The molecule has 0 unspecified atom stereocenters. The van der Waals surface area contributed by atoms with E-state index in [9.17, 15) is 0 Å². The van der Waals surface area contributed by atoms with Crippen LogP contribution >= 0.6 is 0 Å². The molecule has 0 atom stereocenters. The Kier molecular flexibility index (Phi) is 3.45. The zero-order valence-corrected chi connectivity index (χ0v) is 11.5. The number of hydrogen-bond acceptors (Lipinski definition) is 5. The lowest BCUT2D eigenvalue weighted by atomic mass is 10.3. The van der Waals surface area contributed by atoms with Crippen molar-refractivity contribution < 1.29 is 4.74 Å². The van der Waals surface area contributed by atoms with E-state index in [0.717, 1.165) is 11.5 Å². The van der Waals surface area contributed by atoms with Gasteiger partial charge in [0.25, 0.3) is 0 Å². The van der Waals surface area contributed by atoms with Gasteiger partial charge >= 0.3 is 0 Å². The number of pyridine rings is 1. The van der Waals surface area contributed by atoms with E-state index >= 15 is 0 Å². The Labute approximate surface area is 118 Å². The molecule has 20 heavy (non-hydrogen) atoms. The summed E-state index contributed by atoms with van der Waals surface area (Å²) in [6.07, 6.45) is 4.41. The molecule has 0 aromatic carbocycles. The molecular formula is C14H19N5O. The smallest absolute Gasteiger partial charge is 0.239 e. The SMILES string of the molecule is Cn1ccc(CNc2ccc(N)c(OCC3CC3)n2)n1. The van der Waals surface area contributed by atoms with E-state index in [1.807, 2.05) is 31.4 Å². The van der Waals surface area contributed by atoms with Crippen LogP contribution in [-0.4, -0.2) is 21.4 Å². The van der Waals surface area contributed by atoms with Crippen LogP contribution in [0.4, 0.5) is 11.5 Å². The summed E-state index contributed by atoms with van der Waals surface area (Å²) >= 11 is 0. The first-order chi connectivity index (χ1) is 9.70. The summed E-state index contributed by atoms with van der Waals surface area (Å²) in [5, 5.41) is 7.53. The number of ether oxygens (including phenoxy) is 1. The number of anilines is 2. The molecule has 0 spiro atoms. The summed E-state index contributed by atoms with van der Waals surface area (Å²) in [4.78, 5) is 4.40. The second-order valence-corrected chi connectivity index (χ2v) is 5.18. The first kappa shape index (κ1) is 12.8. The van der Waals surface area contributed by atoms with Crippen molar-refractivity contribution in [2.45, 2.75) is 19.4 Å². The number of rotatable bonds is 6. The molecule has 0 amide bonds. The summed E-state index contributed by atoms with van der Waals surface area (Å²) in [5.41, 5.74) is 7.42. The highest BCUT2D eigenvalue weighted by molar-refractivity contribution is 5.53. The Hall–Kier alpha value is -2.24. The van der Waals surface area contributed by atoms with Gasteiger partial charge in [0.1, 0.15) is 5.82 Å². The van der Waals surface area contributed by atoms with Crippen molar-refractivity contribution in [2.75, 3.05) is 17.7 Å². The summed E-state index contributed by atoms with van der Waals surface area (Å²) < 4.78 is 7.44. The molecule has 106 valence electrons. The third-order valence-corrected chi connectivity index (χ3v) is 3.26. The largest absolute Gasteiger partial charge is 0.476 e. The normalized spacial score (nSPS) is 14.2. The lowest BCUT2D eigenvalue weighted by molar-refractivity contribution is 0.290. The van der Waals surface area contributed by atoms with Crippen LogP contribution in [0.2, 0.25) is 0 Å². The van der Waals surface area contributed by atoms with Gasteiger partial charge < -0.3 is 15.8 Å². The summed E-state index contributed by atoms with van der Waals surface area (Å²) in [6.45, 7) is 1.33. The van der Waals surface area contributed by atoms with Gasteiger partial charge in [-0.25, -0.2) is 0 Å². The minimum atomic E-state index is 0.517. The van der Waals surface area contributed by atoms with Crippen LogP contribution in [0.5, 0.6) is 5.88 Å². The average Bonchev–Trinajstić information content (AvgIpc) is 3.18. The molecule has 0 bridgehead atoms. The summed E-state index contributed by atoms with van der Waals surface area (Å²) in [7, 11) is 1.90. The van der Waals surface area contributed by atoms with Gasteiger partial charge in [-0.15, -0.1) is 0 Å². The average molecular weight is 273 g/mol. The molecule has 3 rings (SSSR count). The van der Waals surface area contributed by atoms with Crippen molar-refractivity contribution in [3.8, 4) is 5.88 Å². The third-order valence-electron chi connectivity index (χ3n) is 3.26. The highest BCUT2D eigenvalue weighted by Gasteiger charge is 2.22. The second-order valence-electron chi connectivity index (χ2n) is 5.18. The minimum Gasteiger partial charge on any atom is -0.476 e. The fraction of sp³-hybridized carbons (Fsp3) is 0.429. The molecule has 2 aromatic heterocycles. The van der Waals surface area contributed by atoms with Gasteiger partial charge in [-0.1, -0.05) is 0 Å². The third kappa shape index (κ3) is 3.20. The van der Waals surface area contributed by atoms with Gasteiger partial charge in [-0.05, 0) is 37.0 Å². The number of aryl methyl sites for hydroxylation is 1. The lowest BCUT2D eigenvalue weighted by Crippen LogP contribution is -2.07. The molecule has 2 aromatic rings. The Morgan fingerprint density at radius 1 is 1.40 bits per heavy atom. The monoisotopic (exact) mass is 273 g/mol. The van der Waals surface area contributed by atoms with Gasteiger partial charge in [0.05, 0.1) is 24.5 Å². The molecule has 6 nitrogen and oxygen atoms in total. The van der Waals surface area contributed by atoms with Crippen LogP contribution in [0.3, 0.4) is 0 Å². The maximum atomic E-state index is 5.88. The molecule has 0 saturated heterocycles. The van der Waals surface area contributed by atoms with Gasteiger partial charge in [-0.3, -0.25) is 4.68 Å². The standard InChI is InChI=1S/C14H19N5O/c1-19-7-6-11(18-19)8-16-13-5-4-12(15)14(17-13)20-9-10-2-3-10/h4-7,10H,2-3,8-9,15H2,1H3,(H,16,17). The molecule has 0 aliphatic heterocycles. The number of nitrogens with one attached hydrogen (secondary N) is 1. The van der Waals surface area contributed by atoms with Gasteiger partial charge in [0.15, 0.2) is 0 Å². The van der Waals surface area contributed by atoms with Crippen LogP contribution in [-0.2, 0) is 13.6 Å². The molecular weight excluding hydrogens is 254 g/mol. The predicted octanol–water partition coefficient (Wildman–Crippen LogP) is 1.80. The topological polar surface area (TPSA) is 78.0 Å². The van der Waals surface area contributed by atoms with Crippen molar-refractivity contribution in [3.05, 3.63) is 30.1 Å². The fourth-order valence-electron chi connectivity index (χ4n) is 1.89. The maximum absolute atomic E-state index is 5.88. The fourth-order valence-corrected chi connectivity index (χ4v) is 1.89. The molecule has 6 heteroatoms. The van der Waals surface area contributed by atoms with Crippen LogP contribution < -0.4 is 15.8 Å². The van der Waals surface area contributed by atoms with Gasteiger partial charge in [0, 0.05) is 13.2 Å². The molecule has 0 radical (unpaired) electrons. The van der Waals surface area contributed by atoms with E-state index < -0.39 is 0 Å². The zero-order valence-electron chi connectivity index (χ0n) is 11.5. The Morgan fingerprint density at radius 3 is 2.95 bits per heavy atom. The lowest BCUT2D eigenvalue weighted by Gasteiger charge is -2.10. The maximum Gasteiger partial charge on any atom is 0.239 e. The first-order valence-electron chi connectivity index (χ1n) is 6.82. The summed E-state index contributed by atoms with van der Waals surface area (Å²) in [6, 6.07) is 5.63. The van der Waals surface area contributed by atoms with E-state index in [0.29, 0.717) is 30.6 Å². The quantitative estimate of drug-likeness (QED) is 0.839. The first-order valence-corrected chi connectivity index (χ1v) is 6.82. The zero-order chi connectivity index (χ0) is 13.9. The highest BCUT2D eigenvalue weighted by atomic mass is 16.5. The highest BCUT2D eigenvalue weighted by Crippen LogP contribution is 2.30. The molecule has 2 heterocycles. The molecule has 1 fully saturated rings. The van der Waals surface area contributed by atoms with Crippen LogP contribution in [0.25, 0.3) is 0 Å². The number of nitrogens with zero attached hydrogens (tertiary/aromatic N) is 3. The van der Waals surface area contributed by atoms with E-state index in [4.69, 9.17) is 10.5 Å². The van der Waals surface area contributed by atoms with Crippen molar-refractivity contribution in [1.82, 2.24) is 14.8 Å². The Morgan fingerprint density at radius 2 is 2.25 bits per heavy atom. The molecule has 1 saturated carbocycles. The number of aromatic nitrogens is 3. The van der Waals surface area contributed by atoms with E-state index in [1.165, 1.54) is 12.8 Å². The van der Waals surface area contributed by atoms with E-state index in [-0.39, 0.29) is 0 Å². The number of nitrogens with two attached hydrogens (primary N) is 1. The van der Waals surface area contributed by atoms with E-state index in [1.54, 1.807) is 4.68 Å². The Balaban J connectivity index is 1.61. The number of nitrogen functional groups attached to an aromatic ring is 1. The summed E-state index contributed by atoms with van der Waals surface area (Å²) in [5.74, 6) is 1.94. The van der Waals surface area contributed by atoms with Crippen molar-refractivity contribution >= 4 is 11.5 Å². The molecule has 1 aliphatic rings. The van der Waals surface area contributed by atoms with Crippen molar-refractivity contribution in [2.24, 2.45) is 13.0 Å². The van der Waals surface area contributed by atoms with Crippen molar-refractivity contribution in [1.29, 1.82) is 0 Å².